The van der Waals surface area contributed by atoms with Gasteiger partial charge in [0.25, 0.3) is 0 Å². The summed E-state index contributed by atoms with van der Waals surface area (Å²) in [5.41, 5.74) is -5.10. The van der Waals surface area contributed by atoms with Gasteiger partial charge in [-0.05, 0) is 33.6 Å². The van der Waals surface area contributed by atoms with Crippen LogP contribution in [-0.2, 0) is 28.5 Å². The lowest BCUT2D eigenvalue weighted by atomic mass is 9.94. The van der Waals surface area contributed by atoms with E-state index in [4.69, 9.17) is 5.11 Å². The average Bonchev–Trinajstić information content (AvgIpc) is 3.08. The van der Waals surface area contributed by atoms with Crippen LogP contribution in [0, 0.1) is 11.8 Å². The number of aliphatic hydroxyl groups is 2. The van der Waals surface area contributed by atoms with Gasteiger partial charge in [0.05, 0.1) is 18.4 Å². The third-order valence-electron chi connectivity index (χ3n) is 6.83. The van der Waals surface area contributed by atoms with Gasteiger partial charge in [0.2, 0.25) is 5.60 Å². The Morgan fingerprint density at radius 2 is 1.27 bits per heavy atom. The molecule has 2 aliphatic heterocycles. The van der Waals surface area contributed by atoms with Crippen LogP contribution in [0.2, 0.25) is 0 Å². The Kier molecular flexibility index (Phi) is 10.2. The molecule has 41 heavy (non-hydrogen) atoms. The topological polar surface area (TPSA) is 112 Å². The van der Waals surface area contributed by atoms with E-state index in [1.54, 1.807) is 13.8 Å². The Labute approximate surface area is 228 Å². The molecule has 0 saturated carbocycles. The molecule has 6 atom stereocenters. The fourth-order valence-electron chi connectivity index (χ4n) is 3.60. The van der Waals surface area contributed by atoms with Gasteiger partial charge in [-0.1, -0.05) is 27.7 Å². The zero-order chi connectivity index (χ0) is 32.8. The van der Waals surface area contributed by atoms with Crippen LogP contribution in [-0.4, -0.2) is 81.8 Å². The summed E-state index contributed by atoms with van der Waals surface area (Å²) in [6.45, 7) is 7.05. The Balaban J connectivity index is 0.000000410. The summed E-state index contributed by atoms with van der Waals surface area (Å²) in [5, 5.41) is 18.4. The van der Waals surface area contributed by atoms with Crippen LogP contribution < -0.4 is 0 Å². The van der Waals surface area contributed by atoms with Crippen LogP contribution in [0.5, 0.6) is 0 Å². The van der Waals surface area contributed by atoms with Crippen LogP contribution in [0.1, 0.15) is 61.3 Å². The highest BCUT2D eigenvalue weighted by atomic mass is 19.4. The van der Waals surface area contributed by atoms with Gasteiger partial charge in [-0.15, -0.1) is 0 Å². The molecule has 18 heteroatoms. The molecular weight excluding hydrogens is 594 g/mol. The van der Waals surface area contributed by atoms with E-state index in [0.717, 1.165) is 13.8 Å². The Bertz CT molecular complexity index is 969. The first-order valence-corrected chi connectivity index (χ1v) is 12.1. The first-order valence-electron chi connectivity index (χ1n) is 12.1. The highest BCUT2D eigenvalue weighted by Crippen LogP contribution is 2.56. The number of carbonyl (C=O) groups is 2. The van der Waals surface area contributed by atoms with E-state index in [2.05, 4.69) is 18.9 Å². The van der Waals surface area contributed by atoms with Gasteiger partial charge in [-0.2, -0.15) is 43.9 Å². The van der Waals surface area contributed by atoms with Gasteiger partial charge >= 0.3 is 47.7 Å². The molecule has 2 fully saturated rings. The third kappa shape index (κ3) is 6.25. The number of hydrogen-bond donors (Lipinski definition) is 2. The molecule has 0 bridgehead atoms. The smallest absolute Gasteiger partial charge is 0.449 e. The molecule has 2 heterocycles. The monoisotopic (exact) mass is 626 g/mol. The summed E-state index contributed by atoms with van der Waals surface area (Å²) in [5.74, 6) is -22.7. The van der Waals surface area contributed by atoms with Crippen molar-refractivity contribution in [2.45, 2.75) is 114 Å². The van der Waals surface area contributed by atoms with Crippen molar-refractivity contribution in [1.82, 2.24) is 0 Å². The van der Waals surface area contributed by atoms with Crippen molar-refractivity contribution in [3.63, 3.8) is 0 Å². The minimum Gasteiger partial charge on any atom is -0.452 e. The van der Waals surface area contributed by atoms with Gasteiger partial charge in [-0.3, -0.25) is 9.59 Å². The van der Waals surface area contributed by atoms with Crippen LogP contribution in [0.4, 0.5) is 43.9 Å². The summed E-state index contributed by atoms with van der Waals surface area (Å²) in [6, 6.07) is 0. The number of hydrogen-bond acceptors (Lipinski definition) is 8. The molecule has 0 aromatic rings. The van der Waals surface area contributed by atoms with Gasteiger partial charge in [0.1, 0.15) is 5.60 Å². The number of ether oxygens (including phenoxy) is 4. The van der Waals surface area contributed by atoms with Crippen LogP contribution >= 0.6 is 0 Å². The lowest BCUT2D eigenvalue weighted by Gasteiger charge is -2.35. The zero-order valence-electron chi connectivity index (χ0n) is 23.0. The summed E-state index contributed by atoms with van der Waals surface area (Å²) in [7, 11) is 0. The van der Waals surface area contributed by atoms with Gasteiger partial charge < -0.3 is 29.2 Å². The molecule has 0 aromatic heterocycles. The SMILES string of the molecule is CCC(C)C(=O)OC1(C)COC(O)(C(F)(F)F)C1(F)F.CCC(C)C(=O)OC1C(C)(C)OC(O)(C(F)(F)F)C1(F)F. The third-order valence-corrected chi connectivity index (χ3v) is 6.83. The molecule has 8 nitrogen and oxygen atoms in total. The number of halogens is 10. The number of carbonyl (C=O) groups excluding carboxylic acids is 2. The summed E-state index contributed by atoms with van der Waals surface area (Å²) in [6.07, 6.45) is -13.5. The first-order chi connectivity index (χ1) is 18.0. The Morgan fingerprint density at radius 3 is 1.61 bits per heavy atom. The molecule has 0 radical (unpaired) electrons. The van der Waals surface area contributed by atoms with Crippen molar-refractivity contribution in [1.29, 1.82) is 0 Å². The summed E-state index contributed by atoms with van der Waals surface area (Å²) >= 11 is 0. The molecule has 2 rings (SSSR count). The summed E-state index contributed by atoms with van der Waals surface area (Å²) < 4.78 is 149. The standard InChI is InChI=1S/C12H17F5O4.C11H15F5O4/c1-5-6(2)7(18)20-8-9(3,4)21-11(19,10(8,13)14)12(15,16)17;1-4-6(2)7(17)20-8(3)5-19-10(18,9(8,12)13)11(14,15)16/h6,8,19H,5H2,1-4H3;6,18H,4-5H2,1-3H3. The average molecular weight is 626 g/mol. The second kappa shape index (κ2) is 11.3. The maximum atomic E-state index is 14.0. The lowest BCUT2D eigenvalue weighted by Crippen LogP contribution is -2.63. The molecule has 0 spiro atoms. The molecule has 0 aliphatic carbocycles. The minimum absolute atomic E-state index is 0.266. The van der Waals surface area contributed by atoms with Crippen molar-refractivity contribution in [2.24, 2.45) is 11.8 Å². The second-order valence-electron chi connectivity index (χ2n) is 10.6. The van der Waals surface area contributed by atoms with Crippen molar-refractivity contribution >= 4 is 11.9 Å². The number of esters is 2. The van der Waals surface area contributed by atoms with Crippen molar-refractivity contribution in [3.8, 4) is 0 Å². The molecule has 0 aromatic carbocycles. The second-order valence-corrected chi connectivity index (χ2v) is 10.6. The molecule has 0 amide bonds. The zero-order valence-corrected chi connectivity index (χ0v) is 23.0. The van der Waals surface area contributed by atoms with E-state index in [0.29, 0.717) is 6.92 Å². The molecule has 2 saturated heterocycles. The lowest BCUT2D eigenvalue weighted by molar-refractivity contribution is -0.413. The Hall–Kier alpha value is -1.92. The van der Waals surface area contributed by atoms with Crippen LogP contribution in [0.3, 0.4) is 0 Å². The molecule has 2 aliphatic rings. The van der Waals surface area contributed by atoms with Gasteiger partial charge in [-0.25, -0.2) is 0 Å². The largest absolute Gasteiger partial charge is 0.452 e. The number of alkyl halides is 10. The molecule has 242 valence electrons. The number of rotatable bonds is 6. The molecule has 2 N–H and O–H groups in total. The van der Waals surface area contributed by atoms with E-state index in [1.807, 2.05) is 0 Å². The minimum atomic E-state index is -5.74. The van der Waals surface area contributed by atoms with Gasteiger partial charge in [0.15, 0.2) is 6.10 Å². The van der Waals surface area contributed by atoms with E-state index >= 15 is 0 Å². The van der Waals surface area contributed by atoms with E-state index in [9.17, 15) is 58.6 Å². The van der Waals surface area contributed by atoms with Crippen LogP contribution in [0.15, 0.2) is 0 Å². The Morgan fingerprint density at radius 1 is 0.854 bits per heavy atom. The van der Waals surface area contributed by atoms with E-state index < -0.39 is 83.5 Å². The quantitative estimate of drug-likeness (QED) is 0.317. The maximum Gasteiger partial charge on any atom is 0.449 e. The van der Waals surface area contributed by atoms with Crippen molar-refractivity contribution in [2.75, 3.05) is 6.61 Å². The van der Waals surface area contributed by atoms with E-state index in [-0.39, 0.29) is 12.8 Å². The van der Waals surface area contributed by atoms with E-state index in [1.165, 1.54) is 13.8 Å². The fourth-order valence-corrected chi connectivity index (χ4v) is 3.60. The highest BCUT2D eigenvalue weighted by molar-refractivity contribution is 5.73. The predicted octanol–water partition coefficient (Wildman–Crippen LogP) is 4.89. The normalized spacial score (nSPS) is 33.8. The predicted molar refractivity (Wildman–Crippen MR) is 116 cm³/mol. The maximum absolute atomic E-state index is 14.0. The van der Waals surface area contributed by atoms with Crippen molar-refractivity contribution in [3.05, 3.63) is 0 Å². The van der Waals surface area contributed by atoms with Crippen LogP contribution in [0.25, 0.3) is 0 Å². The molecule has 6 unspecified atom stereocenters. The molecular formula is C23H32F10O8. The van der Waals surface area contributed by atoms with Gasteiger partial charge in [0, 0.05) is 0 Å². The highest BCUT2D eigenvalue weighted by Gasteiger charge is 2.84. The summed E-state index contributed by atoms with van der Waals surface area (Å²) in [4.78, 5) is 23.1. The first kappa shape index (κ1) is 37.1. The fraction of sp³-hybridized carbons (Fsp3) is 0.913. The van der Waals surface area contributed by atoms with Crippen molar-refractivity contribution < 1.29 is 82.7 Å².